The number of carboxylic acid groups (broad SMARTS) is 1. The molecule has 0 spiro atoms. The third-order valence-electron chi connectivity index (χ3n) is 9.97. The van der Waals surface area contributed by atoms with Gasteiger partial charge in [-0.1, -0.05) is 42.0 Å². The van der Waals surface area contributed by atoms with Crippen LogP contribution in [-0.2, 0) is 20.9 Å². The van der Waals surface area contributed by atoms with Crippen LogP contribution in [0.15, 0.2) is 48.5 Å². The maximum Gasteiger partial charge on any atom is 0.326 e. The van der Waals surface area contributed by atoms with Crippen molar-refractivity contribution in [1.82, 2.24) is 4.90 Å². The summed E-state index contributed by atoms with van der Waals surface area (Å²) in [5.74, 6) is -0.486. The summed E-state index contributed by atoms with van der Waals surface area (Å²) in [5, 5.41) is 10.4. The minimum atomic E-state index is -1.40. The summed E-state index contributed by atoms with van der Waals surface area (Å²) in [7, 11) is 0. The number of benzene rings is 2. The van der Waals surface area contributed by atoms with Crippen molar-refractivity contribution in [1.29, 1.82) is 0 Å². The van der Waals surface area contributed by atoms with Crippen molar-refractivity contribution in [2.45, 2.75) is 83.8 Å². The van der Waals surface area contributed by atoms with E-state index in [0.29, 0.717) is 35.4 Å². The Balaban J connectivity index is 1.49. The van der Waals surface area contributed by atoms with Gasteiger partial charge in [0, 0.05) is 18.9 Å². The Morgan fingerprint density at radius 1 is 0.950 bits per heavy atom. The Morgan fingerprint density at radius 3 is 2.15 bits per heavy atom. The molecule has 5 aliphatic rings. The van der Waals surface area contributed by atoms with E-state index in [4.69, 9.17) is 0 Å². The van der Waals surface area contributed by atoms with Gasteiger partial charge in [0.1, 0.15) is 12.1 Å². The first-order valence-electron chi connectivity index (χ1n) is 14.6. The van der Waals surface area contributed by atoms with Gasteiger partial charge >= 0.3 is 5.97 Å². The highest BCUT2D eigenvalue weighted by atomic mass is 16.4. The number of fused-ring (bicyclic) bond motifs is 1. The zero-order valence-electron chi connectivity index (χ0n) is 23.3. The van der Waals surface area contributed by atoms with Crippen molar-refractivity contribution in [2.75, 3.05) is 4.90 Å². The van der Waals surface area contributed by atoms with E-state index < -0.39 is 24.0 Å². The molecule has 4 saturated carbocycles. The second-order valence-corrected chi connectivity index (χ2v) is 13.0. The van der Waals surface area contributed by atoms with E-state index in [1.807, 2.05) is 43.3 Å². The van der Waals surface area contributed by atoms with E-state index in [0.717, 1.165) is 30.4 Å². The second-order valence-electron chi connectivity index (χ2n) is 13.0. The van der Waals surface area contributed by atoms with Gasteiger partial charge in [-0.15, -0.1) is 0 Å². The molecule has 1 N–H and O–H groups in total. The molecule has 0 aromatic heterocycles. The van der Waals surface area contributed by atoms with Crippen molar-refractivity contribution < 1.29 is 24.3 Å². The van der Waals surface area contributed by atoms with E-state index in [2.05, 4.69) is 0 Å². The highest BCUT2D eigenvalue weighted by molar-refractivity contribution is 6.10. The number of hydrogen-bond acceptors (Lipinski definition) is 4. The molecule has 1 heterocycles. The van der Waals surface area contributed by atoms with Gasteiger partial charge in [-0.05, 0) is 92.7 Å². The van der Waals surface area contributed by atoms with Gasteiger partial charge < -0.3 is 14.9 Å². The zero-order valence-corrected chi connectivity index (χ0v) is 23.3. The molecule has 4 bridgehead atoms. The smallest absolute Gasteiger partial charge is 0.326 e. The van der Waals surface area contributed by atoms with Crippen LogP contribution in [0, 0.1) is 30.1 Å². The minimum Gasteiger partial charge on any atom is -0.480 e. The number of amides is 2. The number of hydrogen-bond donors (Lipinski definition) is 1. The number of aliphatic carboxylic acids is 1. The normalized spacial score (nSPS) is 31.4. The lowest BCUT2D eigenvalue weighted by Crippen LogP contribution is -2.59. The van der Waals surface area contributed by atoms with Gasteiger partial charge in [0.2, 0.25) is 11.8 Å². The molecular formula is C33H38N2O5. The van der Waals surface area contributed by atoms with Crippen molar-refractivity contribution in [2.24, 2.45) is 23.2 Å². The largest absolute Gasteiger partial charge is 0.480 e. The quantitative estimate of drug-likeness (QED) is 0.547. The van der Waals surface area contributed by atoms with Gasteiger partial charge in [-0.25, -0.2) is 4.79 Å². The highest BCUT2D eigenvalue weighted by Gasteiger charge is 2.54. The standard InChI is InChI=1S/C33H38N2O5/c1-20-8-9-27-26(10-20)30(37)14-28(32(39)40)35(21(2)36)29(31(38)34(27)19-22-6-4-3-5-7-22)18-33-15-23-11-24(16-33)13-25(12-23)17-33/h3-10,23-25,28-29H,11-19H2,1-2H3,(H,39,40)/t23?,24?,25?,28-,29+,33?/m0/s1. The summed E-state index contributed by atoms with van der Waals surface area (Å²) in [6.07, 6.45) is 6.89. The van der Waals surface area contributed by atoms with Gasteiger partial charge in [0.25, 0.3) is 0 Å². The molecule has 7 rings (SSSR count). The fraction of sp³-hybridized carbons (Fsp3) is 0.515. The van der Waals surface area contributed by atoms with Crippen molar-refractivity contribution >= 4 is 29.3 Å². The molecular weight excluding hydrogens is 504 g/mol. The Bertz CT molecular complexity index is 1320. The van der Waals surface area contributed by atoms with Crippen LogP contribution in [0.5, 0.6) is 0 Å². The topological polar surface area (TPSA) is 95.0 Å². The minimum absolute atomic E-state index is 0.0849. The number of carbonyl (C=O) groups is 4. The number of rotatable bonds is 5. The molecule has 0 radical (unpaired) electrons. The number of carbonyl (C=O) groups excluding carboxylic acids is 3. The third kappa shape index (κ3) is 4.84. The molecule has 2 atom stereocenters. The summed E-state index contributed by atoms with van der Waals surface area (Å²) in [5.41, 5.74) is 2.47. The van der Waals surface area contributed by atoms with Crippen LogP contribution < -0.4 is 4.90 Å². The molecule has 210 valence electrons. The summed E-state index contributed by atoms with van der Waals surface area (Å²) < 4.78 is 0. The number of aryl methyl sites for hydroxylation is 1. The van der Waals surface area contributed by atoms with Gasteiger partial charge in [0.15, 0.2) is 5.78 Å². The van der Waals surface area contributed by atoms with Crippen LogP contribution in [0.1, 0.15) is 79.8 Å². The lowest BCUT2D eigenvalue weighted by atomic mass is 9.48. The monoisotopic (exact) mass is 542 g/mol. The van der Waals surface area contributed by atoms with Gasteiger partial charge in [0.05, 0.1) is 12.2 Å². The molecule has 4 aliphatic carbocycles. The molecule has 7 heteroatoms. The average molecular weight is 543 g/mol. The maximum atomic E-state index is 14.8. The van der Waals surface area contributed by atoms with Crippen LogP contribution in [0.4, 0.5) is 5.69 Å². The number of nitrogens with zero attached hydrogens (tertiary/aromatic N) is 2. The predicted molar refractivity (Wildman–Crippen MR) is 151 cm³/mol. The van der Waals surface area contributed by atoms with E-state index in [9.17, 15) is 24.3 Å². The van der Waals surface area contributed by atoms with Crippen LogP contribution in [0.2, 0.25) is 0 Å². The van der Waals surface area contributed by atoms with E-state index in [-0.39, 0.29) is 30.1 Å². The number of Topliss-reactive ketones (excluding diaryl/α,β-unsaturated/α-hetero) is 1. The lowest BCUT2D eigenvalue weighted by molar-refractivity contribution is -0.156. The maximum absolute atomic E-state index is 14.8. The zero-order chi connectivity index (χ0) is 28.2. The van der Waals surface area contributed by atoms with E-state index in [1.54, 1.807) is 17.0 Å². The third-order valence-corrected chi connectivity index (χ3v) is 9.97. The molecule has 2 aromatic carbocycles. The summed E-state index contributed by atoms with van der Waals surface area (Å²) in [4.78, 5) is 57.5. The van der Waals surface area contributed by atoms with Crippen molar-refractivity contribution in [3.05, 3.63) is 65.2 Å². The molecule has 40 heavy (non-hydrogen) atoms. The summed E-state index contributed by atoms with van der Waals surface area (Å²) in [6.45, 7) is 3.43. The Hall–Kier alpha value is -3.48. The molecule has 0 saturated heterocycles. The van der Waals surface area contributed by atoms with E-state index >= 15 is 0 Å². The fourth-order valence-electron chi connectivity index (χ4n) is 8.84. The first-order chi connectivity index (χ1) is 19.1. The average Bonchev–Trinajstić information content (AvgIpc) is 2.92. The van der Waals surface area contributed by atoms with Crippen LogP contribution in [-0.4, -0.2) is 45.7 Å². The van der Waals surface area contributed by atoms with Gasteiger partial charge in [-0.2, -0.15) is 0 Å². The molecule has 7 nitrogen and oxygen atoms in total. The molecule has 2 aromatic rings. The first kappa shape index (κ1) is 26.7. The van der Waals surface area contributed by atoms with Crippen molar-refractivity contribution in [3.63, 3.8) is 0 Å². The van der Waals surface area contributed by atoms with Crippen LogP contribution >= 0.6 is 0 Å². The Morgan fingerprint density at radius 2 is 1.57 bits per heavy atom. The number of anilines is 1. The molecule has 1 aliphatic heterocycles. The SMILES string of the molecule is CC(=O)N1[C@H](CC23CC4CC(CC(C4)C2)C3)C(=O)N(Cc2ccccc2)c2ccc(C)cc2C(=O)C[C@H]1C(=O)O. The Kier molecular flexibility index (Phi) is 6.79. The second kappa shape index (κ2) is 10.2. The predicted octanol–water partition coefficient (Wildman–Crippen LogP) is 5.39. The Labute approximate surface area is 235 Å². The molecule has 0 unspecified atom stereocenters. The number of carboxylic acids is 1. The first-order valence-corrected chi connectivity index (χ1v) is 14.6. The fourth-order valence-corrected chi connectivity index (χ4v) is 8.84. The molecule has 4 fully saturated rings. The highest BCUT2D eigenvalue weighted by Crippen LogP contribution is 2.62. The lowest BCUT2D eigenvalue weighted by Gasteiger charge is -2.58. The van der Waals surface area contributed by atoms with E-state index in [1.165, 1.54) is 31.1 Å². The summed E-state index contributed by atoms with van der Waals surface area (Å²) in [6, 6.07) is 12.6. The van der Waals surface area contributed by atoms with Crippen LogP contribution in [0.25, 0.3) is 0 Å². The van der Waals surface area contributed by atoms with Crippen LogP contribution in [0.3, 0.4) is 0 Å². The number of ketones is 1. The van der Waals surface area contributed by atoms with Gasteiger partial charge in [-0.3, -0.25) is 14.4 Å². The van der Waals surface area contributed by atoms with Crippen molar-refractivity contribution in [3.8, 4) is 0 Å². The summed E-state index contributed by atoms with van der Waals surface area (Å²) >= 11 is 0. The molecule has 2 amide bonds.